The highest BCUT2D eigenvalue weighted by atomic mass is 35.5. The largest absolute Gasteiger partial charge is 0.493 e. The molecule has 1 aliphatic rings. The number of rotatable bonds is 4. The second kappa shape index (κ2) is 8.02. The predicted molar refractivity (Wildman–Crippen MR) is 96.2 cm³/mol. The molecule has 1 amide bonds. The van der Waals surface area contributed by atoms with Crippen molar-refractivity contribution in [3.05, 3.63) is 29.3 Å². The summed E-state index contributed by atoms with van der Waals surface area (Å²) in [7, 11) is 0. The van der Waals surface area contributed by atoms with Crippen molar-refractivity contribution < 1.29 is 9.53 Å². The molecule has 130 valence electrons. The molecular formula is C18H29ClN2O2. The van der Waals surface area contributed by atoms with Gasteiger partial charge in [-0.1, -0.05) is 19.9 Å². The minimum absolute atomic E-state index is 0. The van der Waals surface area contributed by atoms with E-state index < -0.39 is 0 Å². The third-order valence-electron chi connectivity index (χ3n) is 4.73. The van der Waals surface area contributed by atoms with Crippen molar-refractivity contribution in [1.29, 1.82) is 0 Å². The van der Waals surface area contributed by atoms with Gasteiger partial charge in [-0.3, -0.25) is 4.79 Å². The molecule has 1 heterocycles. The number of carbonyl (C=O) groups excluding carboxylic acids is 1. The van der Waals surface area contributed by atoms with Crippen molar-refractivity contribution >= 4 is 18.3 Å². The molecule has 0 radical (unpaired) electrons. The van der Waals surface area contributed by atoms with Gasteiger partial charge >= 0.3 is 0 Å². The fraction of sp³-hybridized carbons (Fsp3) is 0.611. The Labute approximate surface area is 145 Å². The molecule has 4 nitrogen and oxygen atoms in total. The maximum atomic E-state index is 12.3. The maximum absolute atomic E-state index is 12.3. The number of benzene rings is 1. The summed E-state index contributed by atoms with van der Waals surface area (Å²) in [6.45, 7) is 10.3. The van der Waals surface area contributed by atoms with Gasteiger partial charge in [-0.05, 0) is 48.9 Å². The highest BCUT2D eigenvalue weighted by Crippen LogP contribution is 2.28. The first-order valence-electron chi connectivity index (χ1n) is 8.03. The van der Waals surface area contributed by atoms with Gasteiger partial charge in [-0.2, -0.15) is 0 Å². The van der Waals surface area contributed by atoms with E-state index in [9.17, 15) is 4.79 Å². The second-order valence-electron chi connectivity index (χ2n) is 7.04. The van der Waals surface area contributed by atoms with Gasteiger partial charge in [-0.15, -0.1) is 12.4 Å². The number of halogens is 1. The monoisotopic (exact) mass is 340 g/mol. The van der Waals surface area contributed by atoms with Crippen LogP contribution in [-0.4, -0.2) is 36.5 Å². The van der Waals surface area contributed by atoms with Crippen LogP contribution in [0.1, 0.15) is 37.8 Å². The van der Waals surface area contributed by atoms with E-state index in [1.54, 1.807) is 0 Å². The molecular weight excluding hydrogens is 312 g/mol. The van der Waals surface area contributed by atoms with Crippen LogP contribution >= 0.6 is 12.4 Å². The maximum Gasteiger partial charge on any atom is 0.226 e. The van der Waals surface area contributed by atoms with Gasteiger partial charge in [0.15, 0.2) is 0 Å². The molecule has 1 fully saturated rings. The molecule has 1 aromatic carbocycles. The highest BCUT2D eigenvalue weighted by Gasteiger charge is 2.35. The fourth-order valence-corrected chi connectivity index (χ4v) is 2.80. The molecule has 2 rings (SSSR count). The van der Waals surface area contributed by atoms with E-state index in [4.69, 9.17) is 10.5 Å². The minimum atomic E-state index is -0.0111. The van der Waals surface area contributed by atoms with Crippen LogP contribution in [0.2, 0.25) is 0 Å². The van der Waals surface area contributed by atoms with E-state index in [-0.39, 0.29) is 29.8 Å². The van der Waals surface area contributed by atoms with Crippen LogP contribution in [0.25, 0.3) is 0 Å². The van der Waals surface area contributed by atoms with Crippen LogP contribution in [0.15, 0.2) is 18.2 Å². The summed E-state index contributed by atoms with van der Waals surface area (Å²) in [6, 6.07) is 6.18. The molecule has 1 saturated heterocycles. The lowest BCUT2D eigenvalue weighted by molar-refractivity contribution is -0.135. The summed E-state index contributed by atoms with van der Waals surface area (Å²) in [5, 5.41) is 0. The Balaban J connectivity index is 0.00000264. The van der Waals surface area contributed by atoms with Gasteiger partial charge < -0.3 is 15.4 Å². The standard InChI is InChI=1S/C18H28N2O2.ClH/c1-13-5-6-15(11-14(13)2)22-10-8-17(21)20-9-7-16(19)18(3,4)12-20;/h5-6,11,16H,7-10,12,19H2,1-4H3;1H. The quantitative estimate of drug-likeness (QED) is 0.916. The third-order valence-corrected chi connectivity index (χ3v) is 4.73. The number of likely N-dealkylation sites (tertiary alicyclic amines) is 1. The number of hydrogen-bond donors (Lipinski definition) is 1. The average Bonchev–Trinajstić information content (AvgIpc) is 2.45. The summed E-state index contributed by atoms with van der Waals surface area (Å²) in [6.07, 6.45) is 1.29. The molecule has 0 saturated carbocycles. The number of aryl methyl sites for hydroxylation is 2. The van der Waals surface area contributed by atoms with E-state index in [1.807, 2.05) is 23.1 Å². The van der Waals surface area contributed by atoms with Gasteiger partial charge in [0, 0.05) is 19.1 Å². The van der Waals surface area contributed by atoms with Crippen molar-refractivity contribution in [2.75, 3.05) is 19.7 Å². The molecule has 1 atom stereocenters. The zero-order valence-electron chi connectivity index (χ0n) is 14.6. The third kappa shape index (κ3) is 5.11. The molecule has 23 heavy (non-hydrogen) atoms. The number of hydrogen-bond acceptors (Lipinski definition) is 3. The lowest BCUT2D eigenvalue weighted by atomic mass is 9.79. The molecule has 0 aliphatic carbocycles. The van der Waals surface area contributed by atoms with Crippen molar-refractivity contribution in [1.82, 2.24) is 4.90 Å². The molecule has 0 aromatic heterocycles. The molecule has 1 aliphatic heterocycles. The summed E-state index contributed by atoms with van der Waals surface area (Å²) in [4.78, 5) is 14.2. The zero-order valence-corrected chi connectivity index (χ0v) is 15.4. The Kier molecular flexibility index (Phi) is 6.90. The minimum Gasteiger partial charge on any atom is -0.493 e. The molecule has 5 heteroatoms. The number of amides is 1. The van der Waals surface area contributed by atoms with E-state index in [0.717, 1.165) is 25.3 Å². The van der Waals surface area contributed by atoms with E-state index in [0.29, 0.717) is 13.0 Å². The Morgan fingerprint density at radius 2 is 2.04 bits per heavy atom. The van der Waals surface area contributed by atoms with Crippen LogP contribution in [0, 0.1) is 19.3 Å². The number of piperidine rings is 1. The van der Waals surface area contributed by atoms with Crippen molar-refractivity contribution in [3.63, 3.8) is 0 Å². The van der Waals surface area contributed by atoms with E-state index in [2.05, 4.69) is 27.7 Å². The fourth-order valence-electron chi connectivity index (χ4n) is 2.80. The molecule has 0 bridgehead atoms. The van der Waals surface area contributed by atoms with Crippen molar-refractivity contribution in [2.24, 2.45) is 11.1 Å². The van der Waals surface area contributed by atoms with Crippen LogP contribution < -0.4 is 10.5 Å². The van der Waals surface area contributed by atoms with E-state index in [1.165, 1.54) is 11.1 Å². The van der Waals surface area contributed by atoms with Crippen LogP contribution in [-0.2, 0) is 4.79 Å². The van der Waals surface area contributed by atoms with Gasteiger partial charge in [0.05, 0.1) is 13.0 Å². The Bertz CT molecular complexity index is 546. The van der Waals surface area contributed by atoms with Gasteiger partial charge in [0.1, 0.15) is 5.75 Å². The number of carbonyl (C=O) groups is 1. The van der Waals surface area contributed by atoms with Crippen molar-refractivity contribution in [2.45, 2.75) is 46.6 Å². The number of ether oxygens (including phenoxy) is 1. The summed E-state index contributed by atoms with van der Waals surface area (Å²) in [5.41, 5.74) is 8.55. The van der Waals surface area contributed by atoms with Gasteiger partial charge in [-0.25, -0.2) is 0 Å². The smallest absolute Gasteiger partial charge is 0.226 e. The molecule has 1 unspecified atom stereocenters. The first-order valence-corrected chi connectivity index (χ1v) is 8.03. The first kappa shape index (κ1) is 19.8. The molecule has 2 N–H and O–H groups in total. The van der Waals surface area contributed by atoms with Gasteiger partial charge in [0.2, 0.25) is 5.91 Å². The van der Waals surface area contributed by atoms with Crippen LogP contribution in [0.4, 0.5) is 0 Å². The average molecular weight is 341 g/mol. The summed E-state index contributed by atoms with van der Waals surface area (Å²) >= 11 is 0. The predicted octanol–water partition coefficient (Wildman–Crippen LogP) is 3.08. The molecule has 1 aromatic rings. The number of nitrogens with two attached hydrogens (primary N) is 1. The van der Waals surface area contributed by atoms with Crippen LogP contribution in [0.5, 0.6) is 5.75 Å². The highest BCUT2D eigenvalue weighted by molar-refractivity contribution is 5.85. The Morgan fingerprint density at radius 1 is 1.35 bits per heavy atom. The zero-order chi connectivity index (χ0) is 16.3. The Hall–Kier alpha value is -1.26. The first-order chi connectivity index (χ1) is 10.3. The number of nitrogens with zero attached hydrogens (tertiary/aromatic N) is 1. The van der Waals surface area contributed by atoms with Crippen molar-refractivity contribution in [3.8, 4) is 5.75 Å². The Morgan fingerprint density at radius 3 is 2.65 bits per heavy atom. The SMILES string of the molecule is Cc1ccc(OCCC(=O)N2CCC(N)C(C)(C)C2)cc1C.Cl. The molecule has 0 spiro atoms. The van der Waals surface area contributed by atoms with E-state index >= 15 is 0 Å². The van der Waals surface area contributed by atoms with Crippen LogP contribution in [0.3, 0.4) is 0 Å². The normalized spacial score (nSPS) is 19.9. The van der Waals surface area contributed by atoms with Gasteiger partial charge in [0.25, 0.3) is 0 Å². The summed E-state index contributed by atoms with van der Waals surface area (Å²) in [5.74, 6) is 0.987. The second-order valence-corrected chi connectivity index (χ2v) is 7.04. The summed E-state index contributed by atoms with van der Waals surface area (Å²) < 4.78 is 5.70. The lowest BCUT2D eigenvalue weighted by Crippen LogP contribution is -2.54. The topological polar surface area (TPSA) is 55.6 Å². The lowest BCUT2D eigenvalue weighted by Gasteiger charge is -2.42.